The van der Waals surface area contributed by atoms with Gasteiger partial charge in [0.15, 0.2) is 0 Å². The van der Waals surface area contributed by atoms with Gasteiger partial charge in [-0.25, -0.2) is 0 Å². The summed E-state index contributed by atoms with van der Waals surface area (Å²) in [6.45, 7) is 6.91. The van der Waals surface area contributed by atoms with E-state index in [0.29, 0.717) is 0 Å². The third-order valence-corrected chi connectivity index (χ3v) is 13.1. The Labute approximate surface area is 354 Å². The van der Waals surface area contributed by atoms with Gasteiger partial charge in [0.1, 0.15) is 22.3 Å². The van der Waals surface area contributed by atoms with E-state index in [-0.39, 0.29) is 5.41 Å². The van der Waals surface area contributed by atoms with Crippen molar-refractivity contribution in [1.82, 2.24) is 0 Å². The van der Waals surface area contributed by atoms with Gasteiger partial charge in [0.05, 0.1) is 0 Å². The van der Waals surface area contributed by atoms with Crippen LogP contribution < -0.4 is 4.90 Å². The fourth-order valence-corrected chi connectivity index (χ4v) is 10.0. The van der Waals surface area contributed by atoms with Crippen LogP contribution in [0.25, 0.3) is 88.4 Å². The van der Waals surface area contributed by atoms with Gasteiger partial charge in [-0.3, -0.25) is 0 Å². The molecule has 0 atom stereocenters. The van der Waals surface area contributed by atoms with Crippen LogP contribution in [-0.4, -0.2) is 0 Å². The van der Waals surface area contributed by atoms with Gasteiger partial charge in [-0.2, -0.15) is 0 Å². The van der Waals surface area contributed by atoms with Gasteiger partial charge in [0.25, 0.3) is 0 Å². The topological polar surface area (TPSA) is 29.5 Å². The first-order valence-electron chi connectivity index (χ1n) is 21.1. The maximum absolute atomic E-state index is 6.62. The highest BCUT2D eigenvalue weighted by molar-refractivity contribution is 6.12. The zero-order valence-corrected chi connectivity index (χ0v) is 34.2. The number of hydrogen-bond donors (Lipinski definition) is 0. The first-order chi connectivity index (χ1) is 29.9. The molecule has 0 radical (unpaired) electrons. The fourth-order valence-electron chi connectivity index (χ4n) is 10.0. The highest BCUT2D eigenvalue weighted by Crippen LogP contribution is 2.54. The Bertz CT molecular complexity index is 3500. The van der Waals surface area contributed by atoms with E-state index in [9.17, 15) is 0 Å². The lowest BCUT2D eigenvalue weighted by Crippen LogP contribution is -2.16. The molecule has 2 aromatic heterocycles. The SMILES string of the molecule is Cc1c(-c2ccccc2)cccc1-c1ccc(N(c2ccc(-c3cccc4c3oc3ccccc34)cc2)c2ccc3c(c2)C(C)(C)c2ccc4c(oc5ccccc54)c2-3)cc1. The van der Waals surface area contributed by atoms with Crippen LogP contribution in [0.2, 0.25) is 0 Å². The van der Waals surface area contributed by atoms with Crippen LogP contribution in [0, 0.1) is 6.92 Å². The molecule has 0 saturated carbocycles. The molecule has 0 bridgehead atoms. The van der Waals surface area contributed by atoms with Crippen molar-refractivity contribution in [2.24, 2.45) is 0 Å². The van der Waals surface area contributed by atoms with E-state index in [2.05, 4.69) is 202 Å². The van der Waals surface area contributed by atoms with Crippen molar-refractivity contribution in [3.8, 4) is 44.5 Å². The second-order valence-electron chi connectivity index (χ2n) is 16.9. The van der Waals surface area contributed by atoms with Gasteiger partial charge in [0.2, 0.25) is 0 Å². The number of para-hydroxylation sites is 3. The summed E-state index contributed by atoms with van der Waals surface area (Å²) in [4.78, 5) is 2.39. The van der Waals surface area contributed by atoms with Crippen molar-refractivity contribution in [1.29, 1.82) is 0 Å². The molecule has 0 amide bonds. The number of benzene rings is 9. The van der Waals surface area contributed by atoms with Crippen LogP contribution in [0.1, 0.15) is 30.5 Å². The van der Waals surface area contributed by atoms with Crippen LogP contribution in [0.3, 0.4) is 0 Å². The van der Waals surface area contributed by atoms with Gasteiger partial charge in [0, 0.05) is 55.1 Å². The summed E-state index contributed by atoms with van der Waals surface area (Å²) in [5.41, 5.74) is 20.1. The maximum Gasteiger partial charge on any atom is 0.143 e. The number of rotatable bonds is 6. The van der Waals surface area contributed by atoms with Crippen LogP contribution >= 0.6 is 0 Å². The Kier molecular flexibility index (Phi) is 7.79. The normalized spacial score (nSPS) is 13.0. The smallest absolute Gasteiger partial charge is 0.143 e. The second kappa shape index (κ2) is 13.5. The highest BCUT2D eigenvalue weighted by atomic mass is 16.3. The van der Waals surface area contributed by atoms with E-state index in [1.165, 1.54) is 50.1 Å². The van der Waals surface area contributed by atoms with E-state index < -0.39 is 0 Å². The summed E-state index contributed by atoms with van der Waals surface area (Å²) in [5, 5.41) is 4.58. The zero-order chi connectivity index (χ0) is 40.8. The molecule has 0 saturated heterocycles. The monoisotopic (exact) mass is 783 g/mol. The molecule has 11 aromatic rings. The summed E-state index contributed by atoms with van der Waals surface area (Å²) < 4.78 is 13.1. The van der Waals surface area contributed by atoms with Crippen LogP contribution in [-0.2, 0) is 5.41 Å². The molecule has 0 N–H and O–H groups in total. The Morgan fingerprint density at radius 2 is 0.885 bits per heavy atom. The molecule has 3 nitrogen and oxygen atoms in total. The van der Waals surface area contributed by atoms with Crippen molar-refractivity contribution in [2.45, 2.75) is 26.2 Å². The van der Waals surface area contributed by atoms with Gasteiger partial charge in [-0.15, -0.1) is 0 Å². The molecule has 1 aliphatic carbocycles. The Morgan fingerprint density at radius 3 is 1.56 bits per heavy atom. The number of nitrogens with zero attached hydrogens (tertiary/aromatic N) is 1. The van der Waals surface area contributed by atoms with E-state index >= 15 is 0 Å². The summed E-state index contributed by atoms with van der Waals surface area (Å²) in [6.07, 6.45) is 0. The Hall–Kier alpha value is -7.62. The van der Waals surface area contributed by atoms with Crippen molar-refractivity contribution < 1.29 is 8.83 Å². The van der Waals surface area contributed by atoms with Crippen LogP contribution in [0.5, 0.6) is 0 Å². The number of fused-ring (bicyclic) bond motifs is 10. The maximum atomic E-state index is 6.62. The first kappa shape index (κ1) is 35.3. The minimum absolute atomic E-state index is 0.236. The highest BCUT2D eigenvalue weighted by Gasteiger charge is 2.38. The Balaban J connectivity index is 0.988. The molecule has 290 valence electrons. The molecule has 0 aliphatic heterocycles. The molecule has 12 rings (SSSR count). The molecule has 9 aromatic carbocycles. The lowest BCUT2D eigenvalue weighted by molar-refractivity contribution is 0.653. The van der Waals surface area contributed by atoms with Gasteiger partial charge < -0.3 is 13.7 Å². The first-order valence-corrected chi connectivity index (χ1v) is 21.1. The molecule has 1 aliphatic rings. The largest absolute Gasteiger partial charge is 0.455 e. The standard InChI is InChI=1S/C58H41NO2/c1-36-43(37-13-5-4-6-14-37)17-11-18-44(36)38-23-27-40(28-24-38)59(41-29-25-39(26-30-41)45-19-12-20-48-46-15-7-9-21-53(46)60-56(45)48)42-31-32-50-52(35-42)58(2,3)51-34-33-49-47-16-8-10-22-54(47)61-57(49)55(50)51/h4-35H,1-3H3. The molecule has 3 heteroatoms. The molecule has 2 heterocycles. The molecule has 61 heavy (non-hydrogen) atoms. The third-order valence-electron chi connectivity index (χ3n) is 13.1. The number of anilines is 3. The molecule has 0 fully saturated rings. The summed E-state index contributed by atoms with van der Waals surface area (Å²) in [5.74, 6) is 0. The third kappa shape index (κ3) is 5.44. The Morgan fingerprint density at radius 1 is 0.377 bits per heavy atom. The van der Waals surface area contributed by atoms with E-state index in [1.54, 1.807) is 0 Å². The second-order valence-corrected chi connectivity index (χ2v) is 16.9. The van der Waals surface area contributed by atoms with Crippen LogP contribution in [0.4, 0.5) is 17.1 Å². The summed E-state index contributed by atoms with van der Waals surface area (Å²) in [6, 6.07) is 69.9. The average Bonchev–Trinajstić information content (AvgIpc) is 3.95. The van der Waals surface area contributed by atoms with E-state index in [1.807, 2.05) is 18.2 Å². The van der Waals surface area contributed by atoms with Gasteiger partial charge in [-0.1, -0.05) is 159 Å². The van der Waals surface area contributed by atoms with Crippen molar-refractivity contribution in [2.75, 3.05) is 4.90 Å². The quantitative estimate of drug-likeness (QED) is 0.168. The molecular formula is C58H41NO2. The zero-order valence-electron chi connectivity index (χ0n) is 34.2. The lowest BCUT2D eigenvalue weighted by atomic mass is 9.82. The van der Waals surface area contributed by atoms with E-state index in [4.69, 9.17) is 8.83 Å². The minimum Gasteiger partial charge on any atom is -0.455 e. The predicted octanol–water partition coefficient (Wildman–Crippen LogP) is 16.6. The van der Waals surface area contributed by atoms with Crippen LogP contribution in [0.15, 0.2) is 203 Å². The lowest BCUT2D eigenvalue weighted by Gasteiger charge is -2.28. The number of hydrogen-bond acceptors (Lipinski definition) is 3. The minimum atomic E-state index is -0.236. The molecule has 0 unspecified atom stereocenters. The molecule has 0 spiro atoms. The molecular weight excluding hydrogens is 743 g/mol. The predicted molar refractivity (Wildman–Crippen MR) is 254 cm³/mol. The fraction of sp³-hybridized carbons (Fsp3) is 0.0690. The van der Waals surface area contributed by atoms with Gasteiger partial charge in [-0.05, 0) is 106 Å². The number of furan rings is 2. The summed E-state index contributed by atoms with van der Waals surface area (Å²) >= 11 is 0. The van der Waals surface area contributed by atoms with Crippen molar-refractivity contribution in [3.05, 3.63) is 211 Å². The summed E-state index contributed by atoms with van der Waals surface area (Å²) in [7, 11) is 0. The van der Waals surface area contributed by atoms with E-state index in [0.717, 1.165) is 72.1 Å². The average molecular weight is 784 g/mol. The van der Waals surface area contributed by atoms with Gasteiger partial charge >= 0.3 is 0 Å². The van der Waals surface area contributed by atoms with Crippen molar-refractivity contribution in [3.63, 3.8) is 0 Å². The van der Waals surface area contributed by atoms with Crippen molar-refractivity contribution >= 4 is 60.9 Å².